The van der Waals surface area contributed by atoms with Gasteiger partial charge in [0.15, 0.2) is 0 Å². The first kappa shape index (κ1) is 10.7. The molecule has 5 heteroatoms. The SMILES string of the molecule is CONCc1cc(Cl)cc(F)c1Cl. The summed E-state index contributed by atoms with van der Waals surface area (Å²) in [6.45, 7) is 0.312. The largest absolute Gasteiger partial charge is 0.305 e. The second-order valence-corrected chi connectivity index (χ2v) is 3.20. The standard InChI is InChI=1S/C8H8Cl2FNO/c1-13-12-4-5-2-6(9)3-7(11)8(5)10/h2-3,12H,4H2,1H3. The minimum atomic E-state index is -0.526. The van der Waals surface area contributed by atoms with Crippen molar-refractivity contribution in [2.45, 2.75) is 6.54 Å². The molecule has 1 aromatic carbocycles. The first-order chi connectivity index (χ1) is 6.15. The molecule has 0 spiro atoms. The first-order valence-corrected chi connectivity index (χ1v) is 4.30. The molecule has 72 valence electrons. The quantitative estimate of drug-likeness (QED) is 0.629. The fraction of sp³-hybridized carbons (Fsp3) is 0.250. The van der Waals surface area contributed by atoms with Crippen LogP contribution in [0.1, 0.15) is 5.56 Å². The molecule has 0 aromatic heterocycles. The lowest BCUT2D eigenvalue weighted by atomic mass is 10.2. The first-order valence-electron chi connectivity index (χ1n) is 3.54. The Morgan fingerprint density at radius 2 is 2.15 bits per heavy atom. The number of benzene rings is 1. The predicted molar refractivity (Wildman–Crippen MR) is 50.3 cm³/mol. The summed E-state index contributed by atoms with van der Waals surface area (Å²) in [7, 11) is 1.47. The Morgan fingerprint density at radius 3 is 2.77 bits per heavy atom. The van der Waals surface area contributed by atoms with Gasteiger partial charge in [0, 0.05) is 11.6 Å². The van der Waals surface area contributed by atoms with E-state index in [0.29, 0.717) is 17.1 Å². The van der Waals surface area contributed by atoms with Crippen molar-refractivity contribution in [3.63, 3.8) is 0 Å². The third kappa shape index (κ3) is 2.81. The van der Waals surface area contributed by atoms with Gasteiger partial charge in [-0.3, -0.25) is 0 Å². The van der Waals surface area contributed by atoms with E-state index < -0.39 is 5.82 Å². The maximum absolute atomic E-state index is 13.0. The lowest BCUT2D eigenvalue weighted by molar-refractivity contribution is 0.0867. The van der Waals surface area contributed by atoms with Gasteiger partial charge in [-0.15, -0.1) is 0 Å². The Bertz CT molecular complexity index is 306. The molecule has 1 rings (SSSR count). The third-order valence-corrected chi connectivity index (χ3v) is 2.12. The summed E-state index contributed by atoms with van der Waals surface area (Å²) in [6.07, 6.45) is 0. The van der Waals surface area contributed by atoms with Gasteiger partial charge in [0.05, 0.1) is 12.1 Å². The summed E-state index contributed by atoms with van der Waals surface area (Å²) in [6, 6.07) is 2.75. The average Bonchev–Trinajstić information content (AvgIpc) is 2.09. The van der Waals surface area contributed by atoms with Gasteiger partial charge in [-0.25, -0.2) is 4.39 Å². The van der Waals surface area contributed by atoms with E-state index in [1.165, 1.54) is 13.2 Å². The Morgan fingerprint density at radius 1 is 1.46 bits per heavy atom. The lowest BCUT2D eigenvalue weighted by Crippen LogP contribution is -2.11. The second kappa shape index (κ2) is 4.77. The molecular weight excluding hydrogens is 216 g/mol. The zero-order chi connectivity index (χ0) is 9.84. The molecule has 0 heterocycles. The predicted octanol–water partition coefficient (Wildman–Crippen LogP) is 2.78. The number of halogens is 3. The van der Waals surface area contributed by atoms with Gasteiger partial charge in [-0.1, -0.05) is 23.2 Å². The Labute approximate surface area is 85.6 Å². The fourth-order valence-electron chi connectivity index (χ4n) is 0.888. The van der Waals surface area contributed by atoms with E-state index in [-0.39, 0.29) is 5.02 Å². The number of hydrogen-bond acceptors (Lipinski definition) is 2. The van der Waals surface area contributed by atoms with Gasteiger partial charge >= 0.3 is 0 Å². The Kier molecular flexibility index (Phi) is 3.93. The van der Waals surface area contributed by atoms with E-state index in [1.807, 2.05) is 0 Å². The Hall–Kier alpha value is -0.350. The van der Waals surface area contributed by atoms with E-state index in [4.69, 9.17) is 23.2 Å². The summed E-state index contributed by atoms with van der Waals surface area (Å²) in [5.74, 6) is -0.526. The van der Waals surface area contributed by atoms with Crippen LogP contribution in [0.2, 0.25) is 10.0 Å². The molecule has 0 aliphatic heterocycles. The van der Waals surface area contributed by atoms with Crippen molar-refractivity contribution in [2.24, 2.45) is 0 Å². The van der Waals surface area contributed by atoms with Gasteiger partial charge < -0.3 is 4.84 Å². The molecule has 0 saturated heterocycles. The number of hydrogen-bond donors (Lipinski definition) is 1. The van der Waals surface area contributed by atoms with Crippen LogP contribution in [0, 0.1) is 5.82 Å². The minimum Gasteiger partial charge on any atom is -0.305 e. The molecule has 0 saturated carbocycles. The van der Waals surface area contributed by atoms with Gasteiger partial charge in [-0.05, 0) is 17.7 Å². The highest BCUT2D eigenvalue weighted by molar-refractivity contribution is 6.33. The topological polar surface area (TPSA) is 21.3 Å². The van der Waals surface area contributed by atoms with Crippen molar-refractivity contribution in [1.82, 2.24) is 5.48 Å². The highest BCUT2D eigenvalue weighted by atomic mass is 35.5. The van der Waals surface area contributed by atoms with Crippen LogP contribution in [-0.2, 0) is 11.4 Å². The molecule has 0 aliphatic carbocycles. The highest BCUT2D eigenvalue weighted by Crippen LogP contribution is 2.24. The van der Waals surface area contributed by atoms with Crippen molar-refractivity contribution in [2.75, 3.05) is 7.11 Å². The normalized spacial score (nSPS) is 10.5. The second-order valence-electron chi connectivity index (χ2n) is 2.39. The van der Waals surface area contributed by atoms with Crippen molar-refractivity contribution in [3.05, 3.63) is 33.6 Å². The van der Waals surface area contributed by atoms with Gasteiger partial charge in [0.1, 0.15) is 5.82 Å². The van der Waals surface area contributed by atoms with Gasteiger partial charge in [-0.2, -0.15) is 5.48 Å². The van der Waals surface area contributed by atoms with E-state index in [9.17, 15) is 4.39 Å². The molecular formula is C8H8Cl2FNO. The van der Waals surface area contributed by atoms with Crippen LogP contribution in [0.15, 0.2) is 12.1 Å². The van der Waals surface area contributed by atoms with E-state index in [0.717, 1.165) is 0 Å². The van der Waals surface area contributed by atoms with E-state index >= 15 is 0 Å². The van der Waals surface area contributed by atoms with Crippen LogP contribution in [0.5, 0.6) is 0 Å². The van der Waals surface area contributed by atoms with Gasteiger partial charge in [0.25, 0.3) is 0 Å². The molecule has 0 amide bonds. The molecule has 0 fully saturated rings. The lowest BCUT2D eigenvalue weighted by Gasteiger charge is -2.05. The Balaban J connectivity index is 2.92. The highest BCUT2D eigenvalue weighted by Gasteiger charge is 2.07. The van der Waals surface area contributed by atoms with Crippen molar-refractivity contribution in [1.29, 1.82) is 0 Å². The number of hydroxylamine groups is 1. The molecule has 2 nitrogen and oxygen atoms in total. The van der Waals surface area contributed by atoms with Gasteiger partial charge in [0.2, 0.25) is 0 Å². The minimum absolute atomic E-state index is 0.0638. The van der Waals surface area contributed by atoms with Crippen LogP contribution >= 0.6 is 23.2 Å². The molecule has 0 atom stereocenters. The zero-order valence-electron chi connectivity index (χ0n) is 6.90. The van der Waals surface area contributed by atoms with Crippen LogP contribution in [0.4, 0.5) is 4.39 Å². The summed E-state index contributed by atoms with van der Waals surface area (Å²) in [4.78, 5) is 4.61. The summed E-state index contributed by atoms with van der Waals surface area (Å²) in [5, 5.41) is 0.378. The maximum atomic E-state index is 13.0. The van der Waals surface area contributed by atoms with Crippen LogP contribution in [0.3, 0.4) is 0 Å². The average molecular weight is 224 g/mol. The fourth-order valence-corrected chi connectivity index (χ4v) is 1.29. The molecule has 0 radical (unpaired) electrons. The monoisotopic (exact) mass is 223 g/mol. The molecule has 1 aromatic rings. The smallest absolute Gasteiger partial charge is 0.143 e. The van der Waals surface area contributed by atoms with E-state index in [2.05, 4.69) is 10.3 Å². The summed E-state index contributed by atoms with van der Waals surface area (Å²) >= 11 is 11.3. The summed E-state index contributed by atoms with van der Waals surface area (Å²) in [5.41, 5.74) is 3.11. The maximum Gasteiger partial charge on any atom is 0.143 e. The number of rotatable bonds is 3. The zero-order valence-corrected chi connectivity index (χ0v) is 8.42. The molecule has 0 aliphatic rings. The summed E-state index contributed by atoms with van der Waals surface area (Å²) < 4.78 is 13.0. The number of nitrogens with one attached hydrogen (secondary N) is 1. The van der Waals surface area contributed by atoms with Crippen LogP contribution in [0.25, 0.3) is 0 Å². The third-order valence-electron chi connectivity index (χ3n) is 1.48. The van der Waals surface area contributed by atoms with Crippen molar-refractivity contribution < 1.29 is 9.23 Å². The van der Waals surface area contributed by atoms with Crippen LogP contribution < -0.4 is 5.48 Å². The molecule has 13 heavy (non-hydrogen) atoms. The van der Waals surface area contributed by atoms with Crippen molar-refractivity contribution in [3.8, 4) is 0 Å². The van der Waals surface area contributed by atoms with Crippen molar-refractivity contribution >= 4 is 23.2 Å². The van der Waals surface area contributed by atoms with E-state index in [1.54, 1.807) is 6.07 Å². The molecule has 0 bridgehead atoms. The molecule has 1 N–H and O–H groups in total. The molecule has 0 unspecified atom stereocenters. The van der Waals surface area contributed by atoms with Crippen LogP contribution in [-0.4, -0.2) is 7.11 Å².